The normalized spacial score (nSPS) is 19.0. The lowest BCUT2D eigenvalue weighted by atomic mass is 10.1. The van der Waals surface area contributed by atoms with Gasteiger partial charge in [-0.1, -0.05) is 31.0 Å². The molecule has 5 rings (SSSR count). The van der Waals surface area contributed by atoms with Crippen molar-refractivity contribution in [2.45, 2.75) is 44.2 Å². The number of anilines is 2. The molecule has 2 aromatic carbocycles. The van der Waals surface area contributed by atoms with Crippen LogP contribution >= 0.6 is 12.2 Å². The lowest BCUT2D eigenvalue weighted by Crippen LogP contribution is -2.43. The third-order valence-corrected chi connectivity index (χ3v) is 6.91. The molecule has 0 bridgehead atoms. The van der Waals surface area contributed by atoms with Crippen molar-refractivity contribution in [1.29, 1.82) is 0 Å². The van der Waals surface area contributed by atoms with Crippen molar-refractivity contribution >= 4 is 51.4 Å². The zero-order valence-corrected chi connectivity index (χ0v) is 19.2. The van der Waals surface area contributed by atoms with Gasteiger partial charge < -0.3 is 19.9 Å². The number of aromatic amines is 1. The number of carbonyl (C=O) groups excluding carboxylic acids is 2. The van der Waals surface area contributed by atoms with Gasteiger partial charge in [0.05, 0.1) is 19.2 Å². The van der Waals surface area contributed by atoms with Gasteiger partial charge in [0.15, 0.2) is 5.11 Å². The van der Waals surface area contributed by atoms with Crippen LogP contribution in [-0.4, -0.2) is 46.0 Å². The van der Waals surface area contributed by atoms with E-state index in [2.05, 4.69) is 10.3 Å². The summed E-state index contributed by atoms with van der Waals surface area (Å²) in [4.78, 5) is 33.3. The molecule has 2 N–H and O–H groups in total. The maximum absolute atomic E-state index is 13.6. The Morgan fingerprint density at radius 2 is 1.97 bits per heavy atom. The van der Waals surface area contributed by atoms with Gasteiger partial charge in [-0.3, -0.25) is 14.5 Å². The lowest BCUT2D eigenvalue weighted by molar-refractivity contribution is -0.124. The number of nitrogens with zero attached hydrogens (tertiary/aromatic N) is 2. The van der Waals surface area contributed by atoms with Crippen molar-refractivity contribution in [3.8, 4) is 5.75 Å². The Morgan fingerprint density at radius 3 is 2.76 bits per heavy atom. The van der Waals surface area contributed by atoms with Crippen LogP contribution in [0.2, 0.25) is 0 Å². The van der Waals surface area contributed by atoms with Gasteiger partial charge in [-0.25, -0.2) is 0 Å². The molecule has 2 aliphatic rings. The van der Waals surface area contributed by atoms with E-state index in [9.17, 15) is 9.59 Å². The SMILES string of the molecule is COc1ccccc1N1C(=O)C(CC(=O)Nc2ccc3cc[nH]c3c2)N(C2CCCC2)C1=S. The van der Waals surface area contributed by atoms with Gasteiger partial charge >= 0.3 is 0 Å². The number of aromatic nitrogens is 1. The number of hydrogen-bond donors (Lipinski definition) is 2. The van der Waals surface area contributed by atoms with Gasteiger partial charge in [0.1, 0.15) is 11.8 Å². The van der Waals surface area contributed by atoms with E-state index in [1.807, 2.05) is 59.6 Å². The third-order valence-electron chi connectivity index (χ3n) is 6.52. The maximum atomic E-state index is 13.6. The first-order chi connectivity index (χ1) is 16.1. The summed E-state index contributed by atoms with van der Waals surface area (Å²) in [6.07, 6.45) is 6.03. The van der Waals surface area contributed by atoms with Gasteiger partial charge in [-0.05, 0) is 60.8 Å². The summed E-state index contributed by atoms with van der Waals surface area (Å²) in [5.41, 5.74) is 2.25. The number of amides is 2. The Morgan fingerprint density at radius 1 is 1.18 bits per heavy atom. The minimum absolute atomic E-state index is 0.0316. The van der Waals surface area contributed by atoms with Crippen molar-refractivity contribution in [2.24, 2.45) is 0 Å². The second kappa shape index (κ2) is 8.86. The van der Waals surface area contributed by atoms with Gasteiger partial charge in [0, 0.05) is 23.4 Å². The molecule has 3 aromatic rings. The fraction of sp³-hybridized carbons (Fsp3) is 0.320. The number of benzene rings is 2. The number of methoxy groups -OCH3 is 1. The molecule has 2 amide bonds. The van der Waals surface area contributed by atoms with Gasteiger partial charge in [0.25, 0.3) is 5.91 Å². The molecule has 1 saturated carbocycles. The highest BCUT2D eigenvalue weighted by atomic mass is 32.1. The zero-order valence-electron chi connectivity index (χ0n) is 18.4. The summed E-state index contributed by atoms with van der Waals surface area (Å²) in [6, 6.07) is 14.5. The summed E-state index contributed by atoms with van der Waals surface area (Å²) in [7, 11) is 1.57. The van der Waals surface area contributed by atoms with Crippen LogP contribution in [0.15, 0.2) is 54.7 Å². The summed E-state index contributed by atoms with van der Waals surface area (Å²) >= 11 is 5.81. The van der Waals surface area contributed by atoms with Crippen molar-refractivity contribution in [2.75, 3.05) is 17.3 Å². The van der Waals surface area contributed by atoms with E-state index in [4.69, 9.17) is 17.0 Å². The molecule has 2 heterocycles. The van der Waals surface area contributed by atoms with E-state index in [1.165, 1.54) is 4.90 Å². The summed E-state index contributed by atoms with van der Waals surface area (Å²) in [5.74, 6) is 0.169. The molecule has 7 nitrogen and oxygen atoms in total. The quantitative estimate of drug-likeness (QED) is 0.529. The number of nitrogens with one attached hydrogen (secondary N) is 2. The van der Waals surface area contributed by atoms with Crippen molar-refractivity contribution < 1.29 is 14.3 Å². The van der Waals surface area contributed by atoms with Gasteiger partial charge in [0.2, 0.25) is 5.91 Å². The molecule has 0 spiro atoms. The molecular weight excluding hydrogens is 436 g/mol. The molecule has 1 aliphatic heterocycles. The molecule has 170 valence electrons. The monoisotopic (exact) mass is 462 g/mol. The molecule has 1 aromatic heterocycles. The standard InChI is InChI=1S/C25H26N4O3S/c1-32-22-9-5-4-8-20(22)29-24(31)21(28(25(29)33)18-6-2-3-7-18)15-23(30)27-17-11-10-16-12-13-26-19(16)14-17/h4-5,8-14,18,21,26H,2-3,6-7,15H2,1H3,(H,27,30). The number of rotatable bonds is 6. The largest absolute Gasteiger partial charge is 0.495 e. The van der Waals surface area contributed by atoms with Crippen LogP contribution in [0, 0.1) is 0 Å². The maximum Gasteiger partial charge on any atom is 0.256 e. The van der Waals surface area contributed by atoms with Crippen LogP contribution in [0.1, 0.15) is 32.1 Å². The molecule has 0 radical (unpaired) electrons. The smallest absolute Gasteiger partial charge is 0.256 e. The Balaban J connectivity index is 1.41. The molecule has 1 unspecified atom stereocenters. The Labute approximate surface area is 197 Å². The zero-order chi connectivity index (χ0) is 22.9. The van der Waals surface area contributed by atoms with Crippen LogP contribution in [0.5, 0.6) is 5.75 Å². The number of thiocarbonyl (C=S) groups is 1. The predicted octanol–water partition coefficient (Wildman–Crippen LogP) is 4.45. The number of para-hydroxylation sites is 2. The minimum Gasteiger partial charge on any atom is -0.495 e. The molecule has 1 saturated heterocycles. The molecule has 33 heavy (non-hydrogen) atoms. The first-order valence-corrected chi connectivity index (χ1v) is 11.6. The Kier molecular flexibility index (Phi) is 5.76. The van der Waals surface area contributed by atoms with E-state index in [0.29, 0.717) is 22.2 Å². The topological polar surface area (TPSA) is 77.7 Å². The molecular formula is C25H26N4O3S. The number of hydrogen-bond acceptors (Lipinski definition) is 4. The van der Waals surface area contributed by atoms with E-state index in [1.54, 1.807) is 7.11 Å². The Hall–Kier alpha value is -3.39. The number of ether oxygens (including phenoxy) is 1. The highest BCUT2D eigenvalue weighted by Crippen LogP contribution is 2.37. The fourth-order valence-electron chi connectivity index (χ4n) is 4.94. The highest BCUT2D eigenvalue weighted by Gasteiger charge is 2.48. The molecule has 1 atom stereocenters. The van der Waals surface area contributed by atoms with Crippen molar-refractivity contribution in [3.05, 3.63) is 54.7 Å². The highest BCUT2D eigenvalue weighted by molar-refractivity contribution is 7.80. The van der Waals surface area contributed by atoms with Crippen LogP contribution in [0.4, 0.5) is 11.4 Å². The third kappa shape index (κ3) is 3.95. The first kappa shape index (κ1) is 21.5. The van der Waals surface area contributed by atoms with Crippen LogP contribution < -0.4 is 15.0 Å². The second-order valence-electron chi connectivity index (χ2n) is 8.52. The number of fused-ring (bicyclic) bond motifs is 1. The van der Waals surface area contributed by atoms with Gasteiger partial charge in [-0.2, -0.15) is 0 Å². The predicted molar refractivity (Wildman–Crippen MR) is 133 cm³/mol. The average Bonchev–Trinajstić information content (AvgIpc) is 3.54. The lowest BCUT2D eigenvalue weighted by Gasteiger charge is -2.30. The van der Waals surface area contributed by atoms with Crippen LogP contribution in [-0.2, 0) is 9.59 Å². The molecule has 1 aliphatic carbocycles. The number of H-pyrrole nitrogens is 1. The number of carbonyl (C=O) groups is 2. The van der Waals surface area contributed by atoms with Crippen molar-refractivity contribution in [3.63, 3.8) is 0 Å². The van der Waals surface area contributed by atoms with Crippen LogP contribution in [0.25, 0.3) is 10.9 Å². The van der Waals surface area contributed by atoms with Crippen molar-refractivity contribution in [1.82, 2.24) is 9.88 Å². The van der Waals surface area contributed by atoms with E-state index in [0.717, 1.165) is 36.6 Å². The first-order valence-electron chi connectivity index (χ1n) is 11.2. The summed E-state index contributed by atoms with van der Waals surface area (Å²) in [6.45, 7) is 0. The molecule has 2 fully saturated rings. The second-order valence-corrected chi connectivity index (χ2v) is 8.89. The average molecular weight is 463 g/mol. The summed E-state index contributed by atoms with van der Waals surface area (Å²) in [5, 5.41) is 4.47. The summed E-state index contributed by atoms with van der Waals surface area (Å²) < 4.78 is 5.48. The Bertz CT molecular complexity index is 1220. The fourth-order valence-corrected chi connectivity index (χ4v) is 5.40. The van der Waals surface area contributed by atoms with E-state index >= 15 is 0 Å². The molecule has 8 heteroatoms. The minimum atomic E-state index is -0.639. The van der Waals surface area contributed by atoms with Crippen LogP contribution in [0.3, 0.4) is 0 Å². The van der Waals surface area contributed by atoms with Gasteiger partial charge in [-0.15, -0.1) is 0 Å². The van der Waals surface area contributed by atoms with E-state index in [-0.39, 0.29) is 24.3 Å². The van der Waals surface area contributed by atoms with E-state index < -0.39 is 6.04 Å².